The standard InChI is InChI=1S/C10H13ClN2O/c1-13(2)10(14)7-12-9-6-4-3-5-8(9)11/h3-6,12H,7H2,1-2H3. The van der Waals surface area contributed by atoms with E-state index in [1.165, 1.54) is 4.90 Å². The van der Waals surface area contributed by atoms with Gasteiger partial charge in [-0.1, -0.05) is 23.7 Å². The lowest BCUT2D eigenvalue weighted by Gasteiger charge is -2.12. The summed E-state index contributed by atoms with van der Waals surface area (Å²) in [6, 6.07) is 7.34. The van der Waals surface area contributed by atoms with Crippen molar-refractivity contribution < 1.29 is 4.79 Å². The van der Waals surface area contributed by atoms with Crippen LogP contribution >= 0.6 is 11.6 Å². The molecule has 4 heteroatoms. The molecule has 0 bridgehead atoms. The van der Waals surface area contributed by atoms with Crippen molar-refractivity contribution in [3.05, 3.63) is 29.3 Å². The van der Waals surface area contributed by atoms with Crippen LogP contribution in [0.2, 0.25) is 5.02 Å². The van der Waals surface area contributed by atoms with Crippen LogP contribution in [-0.4, -0.2) is 31.4 Å². The summed E-state index contributed by atoms with van der Waals surface area (Å²) >= 11 is 5.90. The van der Waals surface area contributed by atoms with Gasteiger partial charge in [-0.25, -0.2) is 0 Å². The molecular formula is C10H13ClN2O. The molecule has 1 amide bonds. The number of hydrogen-bond acceptors (Lipinski definition) is 2. The summed E-state index contributed by atoms with van der Waals surface area (Å²) in [5.74, 6) is 0.0184. The summed E-state index contributed by atoms with van der Waals surface area (Å²) in [6.07, 6.45) is 0. The van der Waals surface area contributed by atoms with Crippen molar-refractivity contribution in [2.24, 2.45) is 0 Å². The van der Waals surface area contributed by atoms with E-state index in [1.807, 2.05) is 18.2 Å². The van der Waals surface area contributed by atoms with Gasteiger partial charge in [-0.05, 0) is 12.1 Å². The van der Waals surface area contributed by atoms with Crippen molar-refractivity contribution in [2.75, 3.05) is 26.0 Å². The Labute approximate surface area is 88.7 Å². The third kappa shape index (κ3) is 2.92. The van der Waals surface area contributed by atoms with Crippen LogP contribution in [0.15, 0.2) is 24.3 Å². The van der Waals surface area contributed by atoms with Gasteiger partial charge in [-0.3, -0.25) is 4.79 Å². The van der Waals surface area contributed by atoms with Gasteiger partial charge < -0.3 is 10.2 Å². The predicted octanol–water partition coefficient (Wildman–Crippen LogP) is 1.84. The molecule has 1 aromatic carbocycles. The monoisotopic (exact) mass is 212 g/mol. The maximum absolute atomic E-state index is 11.2. The number of nitrogens with zero attached hydrogens (tertiary/aromatic N) is 1. The molecule has 0 fully saturated rings. The highest BCUT2D eigenvalue weighted by molar-refractivity contribution is 6.33. The molecular weight excluding hydrogens is 200 g/mol. The normalized spacial score (nSPS) is 9.64. The highest BCUT2D eigenvalue weighted by atomic mass is 35.5. The van der Waals surface area contributed by atoms with Gasteiger partial charge in [0.05, 0.1) is 17.3 Å². The molecule has 1 rings (SSSR count). The Kier molecular flexibility index (Phi) is 3.77. The molecule has 0 aliphatic rings. The summed E-state index contributed by atoms with van der Waals surface area (Å²) in [7, 11) is 3.44. The number of benzene rings is 1. The van der Waals surface area contributed by atoms with Crippen LogP contribution in [0.5, 0.6) is 0 Å². The molecule has 0 heterocycles. The average Bonchev–Trinajstić information content (AvgIpc) is 2.16. The number of halogens is 1. The fraction of sp³-hybridized carbons (Fsp3) is 0.300. The molecule has 14 heavy (non-hydrogen) atoms. The number of anilines is 1. The fourth-order valence-electron chi connectivity index (χ4n) is 0.934. The van der Waals surface area contributed by atoms with Gasteiger partial charge in [0.2, 0.25) is 5.91 Å². The highest BCUT2D eigenvalue weighted by Gasteiger charge is 2.04. The topological polar surface area (TPSA) is 32.3 Å². The first-order valence-corrected chi connectivity index (χ1v) is 4.67. The second kappa shape index (κ2) is 4.86. The molecule has 0 aliphatic carbocycles. The van der Waals surface area contributed by atoms with Crippen LogP contribution in [-0.2, 0) is 4.79 Å². The van der Waals surface area contributed by atoms with Crippen molar-refractivity contribution in [2.45, 2.75) is 0 Å². The van der Waals surface area contributed by atoms with Gasteiger partial charge in [0.1, 0.15) is 0 Å². The first-order valence-electron chi connectivity index (χ1n) is 4.30. The van der Waals surface area contributed by atoms with E-state index in [0.29, 0.717) is 5.02 Å². The molecule has 0 unspecified atom stereocenters. The minimum absolute atomic E-state index is 0.0184. The van der Waals surface area contributed by atoms with Gasteiger partial charge in [0, 0.05) is 14.1 Å². The minimum Gasteiger partial charge on any atom is -0.375 e. The van der Waals surface area contributed by atoms with E-state index >= 15 is 0 Å². The molecule has 3 nitrogen and oxygen atoms in total. The van der Waals surface area contributed by atoms with Crippen LogP contribution in [0.1, 0.15) is 0 Å². The van der Waals surface area contributed by atoms with E-state index in [4.69, 9.17) is 11.6 Å². The van der Waals surface area contributed by atoms with E-state index < -0.39 is 0 Å². The first-order chi connectivity index (χ1) is 6.61. The van der Waals surface area contributed by atoms with Crippen LogP contribution in [0.25, 0.3) is 0 Å². The van der Waals surface area contributed by atoms with Crippen molar-refractivity contribution in [1.82, 2.24) is 4.90 Å². The quantitative estimate of drug-likeness (QED) is 0.830. The zero-order valence-electron chi connectivity index (χ0n) is 8.25. The van der Waals surface area contributed by atoms with Crippen molar-refractivity contribution in [1.29, 1.82) is 0 Å². The average molecular weight is 213 g/mol. The smallest absolute Gasteiger partial charge is 0.241 e. The Morgan fingerprint density at radius 2 is 2.07 bits per heavy atom. The maximum atomic E-state index is 11.2. The number of hydrogen-bond donors (Lipinski definition) is 1. The van der Waals surface area contributed by atoms with Gasteiger partial charge in [-0.2, -0.15) is 0 Å². The molecule has 1 N–H and O–H groups in total. The summed E-state index contributed by atoms with van der Waals surface area (Å²) in [5.41, 5.74) is 0.782. The molecule has 0 saturated carbocycles. The second-order valence-corrected chi connectivity index (χ2v) is 3.53. The Bertz CT molecular complexity index is 326. The number of carbonyl (C=O) groups excluding carboxylic acids is 1. The number of nitrogens with one attached hydrogen (secondary N) is 1. The Hall–Kier alpha value is -1.22. The number of rotatable bonds is 3. The third-order valence-corrected chi connectivity index (χ3v) is 2.13. The highest BCUT2D eigenvalue weighted by Crippen LogP contribution is 2.19. The van der Waals surface area contributed by atoms with E-state index in [0.717, 1.165) is 5.69 Å². The SMILES string of the molecule is CN(C)C(=O)CNc1ccccc1Cl. The zero-order valence-corrected chi connectivity index (χ0v) is 9.01. The van der Waals surface area contributed by atoms with Crippen molar-refractivity contribution in [3.63, 3.8) is 0 Å². The van der Waals surface area contributed by atoms with E-state index in [2.05, 4.69) is 5.32 Å². The van der Waals surface area contributed by atoms with Crippen LogP contribution in [0, 0.1) is 0 Å². The molecule has 0 aliphatic heterocycles. The minimum atomic E-state index is 0.0184. The lowest BCUT2D eigenvalue weighted by molar-refractivity contribution is -0.126. The van der Waals surface area contributed by atoms with Crippen LogP contribution < -0.4 is 5.32 Å². The summed E-state index contributed by atoms with van der Waals surface area (Å²) in [5, 5.41) is 3.60. The Morgan fingerprint density at radius 1 is 1.43 bits per heavy atom. The van der Waals surface area contributed by atoms with Gasteiger partial charge in [-0.15, -0.1) is 0 Å². The van der Waals surface area contributed by atoms with Crippen LogP contribution in [0.3, 0.4) is 0 Å². The molecule has 0 aromatic heterocycles. The maximum Gasteiger partial charge on any atom is 0.241 e. The largest absolute Gasteiger partial charge is 0.375 e. The summed E-state index contributed by atoms with van der Waals surface area (Å²) < 4.78 is 0. The molecule has 0 radical (unpaired) electrons. The molecule has 0 atom stereocenters. The Balaban J connectivity index is 2.54. The van der Waals surface area contributed by atoms with Gasteiger partial charge >= 0.3 is 0 Å². The number of para-hydroxylation sites is 1. The lowest BCUT2D eigenvalue weighted by atomic mass is 10.3. The number of carbonyl (C=O) groups is 1. The van der Waals surface area contributed by atoms with Gasteiger partial charge in [0.15, 0.2) is 0 Å². The predicted molar refractivity (Wildman–Crippen MR) is 58.6 cm³/mol. The molecule has 1 aromatic rings. The van der Waals surface area contributed by atoms with Gasteiger partial charge in [0.25, 0.3) is 0 Å². The van der Waals surface area contributed by atoms with E-state index in [1.54, 1.807) is 20.2 Å². The van der Waals surface area contributed by atoms with Crippen molar-refractivity contribution >= 4 is 23.2 Å². The van der Waals surface area contributed by atoms with Crippen LogP contribution in [0.4, 0.5) is 5.69 Å². The second-order valence-electron chi connectivity index (χ2n) is 3.12. The first kappa shape index (κ1) is 10.9. The van der Waals surface area contributed by atoms with E-state index in [9.17, 15) is 4.79 Å². The number of amides is 1. The Morgan fingerprint density at radius 3 is 2.64 bits per heavy atom. The number of likely N-dealkylation sites (N-methyl/N-ethyl adjacent to an activating group) is 1. The van der Waals surface area contributed by atoms with E-state index in [-0.39, 0.29) is 12.5 Å². The molecule has 0 spiro atoms. The summed E-state index contributed by atoms with van der Waals surface area (Å²) in [6.45, 7) is 0.261. The molecule has 0 saturated heterocycles. The fourth-order valence-corrected chi connectivity index (χ4v) is 1.14. The lowest BCUT2D eigenvalue weighted by Crippen LogP contribution is -2.28. The zero-order chi connectivity index (χ0) is 10.6. The molecule has 76 valence electrons. The summed E-state index contributed by atoms with van der Waals surface area (Å²) in [4.78, 5) is 12.8. The third-order valence-electron chi connectivity index (χ3n) is 1.80. The van der Waals surface area contributed by atoms with Crippen molar-refractivity contribution in [3.8, 4) is 0 Å².